The Morgan fingerprint density at radius 3 is 2.68 bits per heavy atom. The molecule has 0 heterocycles. The van der Waals surface area contributed by atoms with Crippen LogP contribution < -0.4 is 16.2 Å². The van der Waals surface area contributed by atoms with Crippen molar-refractivity contribution >= 4 is 23.2 Å². The van der Waals surface area contributed by atoms with Crippen LogP contribution in [0, 0.1) is 0 Å². The average Bonchev–Trinajstić information content (AvgIpc) is 2.40. The summed E-state index contributed by atoms with van der Waals surface area (Å²) in [5, 5.41) is 0.464. The molecule has 4 nitrogen and oxygen atoms in total. The van der Waals surface area contributed by atoms with Gasteiger partial charge in [0.1, 0.15) is 12.4 Å². The number of halogens is 1. The smallest absolute Gasteiger partial charge is 0.249 e. The molecule has 2 rings (SSSR count). The fourth-order valence-electron chi connectivity index (χ4n) is 1.67. The van der Waals surface area contributed by atoms with Crippen molar-refractivity contribution in [2.45, 2.75) is 6.61 Å². The zero-order valence-electron chi connectivity index (χ0n) is 10.1. The van der Waals surface area contributed by atoms with Crippen molar-refractivity contribution in [2.24, 2.45) is 5.73 Å². The molecule has 0 aromatic heterocycles. The zero-order valence-corrected chi connectivity index (χ0v) is 10.9. The summed E-state index contributed by atoms with van der Waals surface area (Å²) in [6.45, 7) is 0.197. The first-order chi connectivity index (χ1) is 9.08. The molecule has 0 spiro atoms. The monoisotopic (exact) mass is 276 g/mol. The quantitative estimate of drug-likeness (QED) is 0.843. The van der Waals surface area contributed by atoms with Crippen molar-refractivity contribution in [3.8, 4) is 5.75 Å². The molecule has 0 fully saturated rings. The fraction of sp³-hybridized carbons (Fsp3) is 0.0714. The number of nitrogen functional groups attached to an aromatic ring is 1. The second-order valence-electron chi connectivity index (χ2n) is 4.00. The number of hydrogen-bond donors (Lipinski definition) is 2. The molecule has 1 amide bonds. The molecule has 4 N–H and O–H groups in total. The maximum Gasteiger partial charge on any atom is 0.249 e. The summed E-state index contributed by atoms with van der Waals surface area (Å²) in [4.78, 5) is 11.3. The molecular weight excluding hydrogens is 264 g/mol. The first-order valence-electron chi connectivity index (χ1n) is 5.63. The molecule has 0 atom stereocenters. The van der Waals surface area contributed by atoms with E-state index in [-0.39, 0.29) is 6.61 Å². The number of primary amides is 1. The Morgan fingerprint density at radius 1 is 1.21 bits per heavy atom. The minimum Gasteiger partial charge on any atom is -0.487 e. The van der Waals surface area contributed by atoms with Gasteiger partial charge in [0.15, 0.2) is 0 Å². The second-order valence-corrected chi connectivity index (χ2v) is 4.41. The number of rotatable bonds is 4. The highest BCUT2D eigenvalue weighted by Crippen LogP contribution is 2.27. The van der Waals surface area contributed by atoms with Gasteiger partial charge in [-0.2, -0.15) is 0 Å². The number of ether oxygens (including phenoxy) is 1. The van der Waals surface area contributed by atoms with Crippen LogP contribution in [0.2, 0.25) is 5.02 Å². The molecule has 98 valence electrons. The number of carbonyl (C=O) groups is 1. The third-order valence-electron chi connectivity index (χ3n) is 2.62. The molecule has 0 aliphatic heterocycles. The number of nitrogens with two attached hydrogens (primary N) is 2. The molecule has 5 heteroatoms. The fourth-order valence-corrected chi connectivity index (χ4v) is 1.84. The lowest BCUT2D eigenvalue weighted by molar-refractivity contribution is 0.0998. The van der Waals surface area contributed by atoms with Gasteiger partial charge in [0, 0.05) is 22.9 Å². The summed E-state index contributed by atoms with van der Waals surface area (Å²) in [6.07, 6.45) is 0. The Hall–Kier alpha value is -2.20. The van der Waals surface area contributed by atoms with E-state index in [9.17, 15) is 4.79 Å². The predicted molar refractivity (Wildman–Crippen MR) is 75.2 cm³/mol. The minimum absolute atomic E-state index is 0.197. The van der Waals surface area contributed by atoms with Gasteiger partial charge in [-0.05, 0) is 18.2 Å². The minimum atomic E-state index is -0.488. The summed E-state index contributed by atoms with van der Waals surface area (Å²) >= 11 is 5.99. The van der Waals surface area contributed by atoms with Crippen molar-refractivity contribution in [1.82, 2.24) is 0 Å². The zero-order chi connectivity index (χ0) is 13.8. The van der Waals surface area contributed by atoms with E-state index in [2.05, 4.69) is 0 Å². The average molecular weight is 277 g/mol. The highest BCUT2D eigenvalue weighted by atomic mass is 35.5. The highest BCUT2D eigenvalue weighted by Gasteiger charge is 2.09. The van der Waals surface area contributed by atoms with Crippen LogP contribution in [0.4, 0.5) is 5.69 Å². The molecule has 19 heavy (non-hydrogen) atoms. The van der Waals surface area contributed by atoms with Crippen LogP contribution in [-0.4, -0.2) is 5.91 Å². The maximum atomic E-state index is 11.3. The summed E-state index contributed by atoms with van der Waals surface area (Å²) in [5.41, 5.74) is 12.7. The Balaban J connectivity index is 2.19. The van der Waals surface area contributed by atoms with Gasteiger partial charge in [-0.1, -0.05) is 29.8 Å². The third-order valence-corrected chi connectivity index (χ3v) is 2.93. The summed E-state index contributed by atoms with van der Waals surface area (Å²) in [7, 11) is 0. The summed E-state index contributed by atoms with van der Waals surface area (Å²) in [5.74, 6) is -0.0150. The Labute approximate surface area is 115 Å². The molecule has 2 aromatic carbocycles. The van der Waals surface area contributed by atoms with Gasteiger partial charge in [0.2, 0.25) is 5.91 Å². The van der Waals surface area contributed by atoms with Crippen LogP contribution in [0.5, 0.6) is 5.75 Å². The number of anilines is 1. The molecule has 2 aromatic rings. The van der Waals surface area contributed by atoms with Gasteiger partial charge < -0.3 is 16.2 Å². The third kappa shape index (κ3) is 3.17. The molecule has 0 aliphatic rings. The molecular formula is C14H13ClN2O2. The molecule has 0 saturated heterocycles. The van der Waals surface area contributed by atoms with Gasteiger partial charge in [-0.15, -0.1) is 0 Å². The number of carbonyl (C=O) groups excluding carboxylic acids is 1. The summed E-state index contributed by atoms with van der Waals surface area (Å²) in [6, 6.07) is 12.0. The Morgan fingerprint density at radius 2 is 1.95 bits per heavy atom. The normalized spacial score (nSPS) is 10.2. The first-order valence-corrected chi connectivity index (χ1v) is 6.01. The Bertz CT molecular complexity index is 614. The van der Waals surface area contributed by atoms with E-state index in [1.54, 1.807) is 36.4 Å². The van der Waals surface area contributed by atoms with Gasteiger partial charge >= 0.3 is 0 Å². The van der Waals surface area contributed by atoms with E-state index in [1.807, 2.05) is 6.07 Å². The van der Waals surface area contributed by atoms with Crippen LogP contribution >= 0.6 is 11.6 Å². The van der Waals surface area contributed by atoms with Crippen LogP contribution in [0.25, 0.3) is 0 Å². The number of benzene rings is 2. The molecule has 0 saturated carbocycles. The lowest BCUT2D eigenvalue weighted by Crippen LogP contribution is -2.14. The van der Waals surface area contributed by atoms with Crippen LogP contribution in [0.15, 0.2) is 42.5 Å². The van der Waals surface area contributed by atoms with E-state index in [4.69, 9.17) is 27.8 Å². The molecule has 0 radical (unpaired) electrons. The van der Waals surface area contributed by atoms with Gasteiger partial charge in [-0.3, -0.25) is 4.79 Å². The van der Waals surface area contributed by atoms with Crippen molar-refractivity contribution in [3.63, 3.8) is 0 Å². The predicted octanol–water partition coefficient (Wildman–Crippen LogP) is 2.60. The van der Waals surface area contributed by atoms with Crippen molar-refractivity contribution in [3.05, 3.63) is 58.6 Å². The topological polar surface area (TPSA) is 78.3 Å². The van der Waals surface area contributed by atoms with Crippen molar-refractivity contribution in [2.75, 3.05) is 5.73 Å². The number of amides is 1. The van der Waals surface area contributed by atoms with E-state index in [0.717, 1.165) is 0 Å². The van der Waals surface area contributed by atoms with Crippen LogP contribution in [0.1, 0.15) is 15.9 Å². The standard InChI is InChI=1S/C14H13ClN2O2/c15-12-6-5-10(16)7-13(12)19-8-9-3-1-2-4-11(9)14(17)18/h1-7H,8,16H2,(H2,17,18). The van der Waals surface area contributed by atoms with Crippen molar-refractivity contribution in [1.29, 1.82) is 0 Å². The van der Waals surface area contributed by atoms with E-state index < -0.39 is 5.91 Å². The van der Waals surface area contributed by atoms with E-state index >= 15 is 0 Å². The molecule has 0 bridgehead atoms. The van der Waals surface area contributed by atoms with E-state index in [1.165, 1.54) is 0 Å². The van der Waals surface area contributed by atoms with Crippen LogP contribution in [-0.2, 0) is 6.61 Å². The van der Waals surface area contributed by atoms with Gasteiger partial charge in [0.25, 0.3) is 0 Å². The second kappa shape index (κ2) is 5.63. The highest BCUT2D eigenvalue weighted by molar-refractivity contribution is 6.32. The largest absolute Gasteiger partial charge is 0.487 e. The first kappa shape index (κ1) is 13.2. The molecule has 0 aliphatic carbocycles. The lowest BCUT2D eigenvalue weighted by Gasteiger charge is -2.10. The van der Waals surface area contributed by atoms with E-state index in [0.29, 0.717) is 27.6 Å². The molecule has 0 unspecified atom stereocenters. The van der Waals surface area contributed by atoms with Gasteiger partial charge in [-0.25, -0.2) is 0 Å². The SMILES string of the molecule is NC(=O)c1ccccc1COc1cc(N)ccc1Cl. The number of hydrogen-bond acceptors (Lipinski definition) is 3. The summed E-state index contributed by atoms with van der Waals surface area (Å²) < 4.78 is 5.57. The maximum absolute atomic E-state index is 11.3. The Kier molecular flexibility index (Phi) is 3.92. The van der Waals surface area contributed by atoms with Crippen LogP contribution in [0.3, 0.4) is 0 Å². The lowest BCUT2D eigenvalue weighted by atomic mass is 10.1. The van der Waals surface area contributed by atoms with Gasteiger partial charge in [0.05, 0.1) is 5.02 Å². The van der Waals surface area contributed by atoms with Crippen molar-refractivity contribution < 1.29 is 9.53 Å².